The summed E-state index contributed by atoms with van der Waals surface area (Å²) in [6, 6.07) is 7.50. The number of nitrogens with one attached hydrogen (secondary N) is 1. The fraction of sp³-hybridized carbons (Fsp3) is 0.647. The van der Waals surface area contributed by atoms with E-state index in [4.69, 9.17) is 0 Å². The molecule has 0 bridgehead atoms. The third-order valence-corrected chi connectivity index (χ3v) is 4.64. The zero-order chi connectivity index (χ0) is 13.9. The van der Waals surface area contributed by atoms with Gasteiger partial charge in [0.15, 0.2) is 0 Å². The molecule has 0 spiro atoms. The van der Waals surface area contributed by atoms with Gasteiger partial charge < -0.3 is 5.32 Å². The highest BCUT2D eigenvalue weighted by Gasteiger charge is 2.39. The predicted molar refractivity (Wildman–Crippen MR) is 78.7 cm³/mol. The maximum absolute atomic E-state index is 13.3. The van der Waals surface area contributed by atoms with Crippen molar-refractivity contribution in [3.8, 4) is 0 Å². The van der Waals surface area contributed by atoms with E-state index in [0.717, 1.165) is 18.5 Å². The number of hydrogen-bond acceptors (Lipinski definition) is 1. The molecule has 106 valence electrons. The second-order valence-electron chi connectivity index (χ2n) is 6.49. The molecule has 1 aromatic carbocycles. The van der Waals surface area contributed by atoms with Gasteiger partial charge in [0.1, 0.15) is 5.82 Å². The number of rotatable bonds is 5. The third kappa shape index (κ3) is 3.56. The van der Waals surface area contributed by atoms with Gasteiger partial charge in [0.2, 0.25) is 0 Å². The van der Waals surface area contributed by atoms with Crippen LogP contribution in [0.4, 0.5) is 4.39 Å². The van der Waals surface area contributed by atoms with E-state index in [2.05, 4.69) is 26.1 Å². The van der Waals surface area contributed by atoms with E-state index in [1.807, 2.05) is 12.1 Å². The maximum Gasteiger partial charge on any atom is 0.123 e. The Hall–Kier alpha value is -0.890. The Bertz CT molecular complexity index is 413. The molecule has 1 fully saturated rings. The summed E-state index contributed by atoms with van der Waals surface area (Å²) in [7, 11) is 0. The summed E-state index contributed by atoms with van der Waals surface area (Å²) in [4.78, 5) is 0. The summed E-state index contributed by atoms with van der Waals surface area (Å²) in [6.45, 7) is 7.88. The van der Waals surface area contributed by atoms with Crippen molar-refractivity contribution in [2.75, 3.05) is 6.54 Å². The Balaban J connectivity index is 2.12. The summed E-state index contributed by atoms with van der Waals surface area (Å²) in [5.74, 6) is 0.564. The van der Waals surface area contributed by atoms with E-state index in [9.17, 15) is 4.39 Å². The van der Waals surface area contributed by atoms with Crippen molar-refractivity contribution < 1.29 is 4.39 Å². The SMILES string of the molecule is CCNC(Cc1cccc(F)c1)C1CCCC1(C)C. The maximum atomic E-state index is 13.3. The van der Waals surface area contributed by atoms with Gasteiger partial charge in [0, 0.05) is 6.04 Å². The highest BCUT2D eigenvalue weighted by atomic mass is 19.1. The van der Waals surface area contributed by atoms with Crippen LogP contribution in [0.3, 0.4) is 0 Å². The molecule has 2 rings (SSSR count). The molecule has 1 nitrogen and oxygen atoms in total. The van der Waals surface area contributed by atoms with Crippen LogP contribution in [0.1, 0.15) is 45.6 Å². The smallest absolute Gasteiger partial charge is 0.123 e. The van der Waals surface area contributed by atoms with Gasteiger partial charge in [0.05, 0.1) is 0 Å². The second kappa shape index (κ2) is 6.04. The van der Waals surface area contributed by atoms with E-state index in [0.29, 0.717) is 17.4 Å². The quantitative estimate of drug-likeness (QED) is 0.840. The first-order valence-corrected chi connectivity index (χ1v) is 7.51. The van der Waals surface area contributed by atoms with Crippen LogP contribution in [-0.2, 0) is 6.42 Å². The molecule has 1 aliphatic carbocycles. The van der Waals surface area contributed by atoms with Gasteiger partial charge in [-0.2, -0.15) is 0 Å². The molecule has 0 radical (unpaired) electrons. The van der Waals surface area contributed by atoms with Gasteiger partial charge >= 0.3 is 0 Å². The highest BCUT2D eigenvalue weighted by Crippen LogP contribution is 2.44. The second-order valence-corrected chi connectivity index (χ2v) is 6.49. The van der Waals surface area contributed by atoms with E-state index in [1.165, 1.54) is 25.3 Å². The van der Waals surface area contributed by atoms with Crippen molar-refractivity contribution in [1.29, 1.82) is 0 Å². The van der Waals surface area contributed by atoms with Crippen LogP contribution in [-0.4, -0.2) is 12.6 Å². The average molecular weight is 263 g/mol. The Morgan fingerprint density at radius 2 is 2.21 bits per heavy atom. The predicted octanol–water partition coefficient (Wildman–Crippen LogP) is 4.17. The Kier molecular flexibility index (Phi) is 4.62. The van der Waals surface area contributed by atoms with E-state index in [1.54, 1.807) is 6.07 Å². The summed E-state index contributed by atoms with van der Waals surface area (Å²) < 4.78 is 13.3. The third-order valence-electron chi connectivity index (χ3n) is 4.64. The Labute approximate surface area is 116 Å². The van der Waals surface area contributed by atoms with E-state index < -0.39 is 0 Å². The van der Waals surface area contributed by atoms with Crippen molar-refractivity contribution in [3.63, 3.8) is 0 Å². The van der Waals surface area contributed by atoms with Gasteiger partial charge in [-0.3, -0.25) is 0 Å². The molecule has 0 aromatic heterocycles. The Morgan fingerprint density at radius 1 is 1.42 bits per heavy atom. The molecular weight excluding hydrogens is 237 g/mol. The number of benzene rings is 1. The van der Waals surface area contributed by atoms with Crippen molar-refractivity contribution >= 4 is 0 Å². The van der Waals surface area contributed by atoms with Crippen molar-refractivity contribution in [3.05, 3.63) is 35.6 Å². The molecule has 2 unspecified atom stereocenters. The van der Waals surface area contributed by atoms with Crippen LogP contribution < -0.4 is 5.32 Å². The van der Waals surface area contributed by atoms with E-state index >= 15 is 0 Å². The fourth-order valence-corrected chi connectivity index (χ4v) is 3.64. The minimum Gasteiger partial charge on any atom is -0.314 e. The van der Waals surface area contributed by atoms with Crippen molar-refractivity contribution in [2.24, 2.45) is 11.3 Å². The molecule has 1 saturated carbocycles. The summed E-state index contributed by atoms with van der Waals surface area (Å²) in [5, 5.41) is 3.63. The van der Waals surface area contributed by atoms with Crippen LogP contribution in [0, 0.1) is 17.2 Å². The summed E-state index contributed by atoms with van der Waals surface area (Å²) in [6.07, 6.45) is 4.85. The standard InChI is InChI=1S/C17H26FN/c1-4-19-16(15-9-6-10-17(15,2)3)12-13-7-5-8-14(18)11-13/h5,7-8,11,15-16,19H,4,6,9-10,12H2,1-3H3. The van der Waals surface area contributed by atoms with Gasteiger partial charge in [-0.1, -0.05) is 39.3 Å². The van der Waals surface area contributed by atoms with Gasteiger partial charge in [0.25, 0.3) is 0 Å². The van der Waals surface area contributed by atoms with Gasteiger partial charge in [-0.05, 0) is 54.8 Å². The lowest BCUT2D eigenvalue weighted by molar-refractivity contribution is 0.197. The number of hydrogen-bond donors (Lipinski definition) is 1. The molecule has 2 atom stereocenters. The topological polar surface area (TPSA) is 12.0 Å². The molecule has 0 amide bonds. The first-order chi connectivity index (χ1) is 9.03. The normalized spacial score (nSPS) is 23.5. The molecule has 2 heteroatoms. The first-order valence-electron chi connectivity index (χ1n) is 7.51. The van der Waals surface area contributed by atoms with Gasteiger partial charge in [-0.25, -0.2) is 4.39 Å². The monoisotopic (exact) mass is 263 g/mol. The van der Waals surface area contributed by atoms with Crippen LogP contribution in [0.15, 0.2) is 24.3 Å². The molecule has 1 N–H and O–H groups in total. The van der Waals surface area contributed by atoms with Crippen LogP contribution in [0.5, 0.6) is 0 Å². The summed E-state index contributed by atoms with van der Waals surface area (Å²) >= 11 is 0. The van der Waals surface area contributed by atoms with Crippen molar-refractivity contribution in [1.82, 2.24) is 5.32 Å². The molecule has 0 aliphatic heterocycles. The van der Waals surface area contributed by atoms with Crippen LogP contribution >= 0.6 is 0 Å². The molecule has 1 aliphatic rings. The minimum atomic E-state index is -0.126. The fourth-order valence-electron chi connectivity index (χ4n) is 3.64. The molecule has 0 saturated heterocycles. The first kappa shape index (κ1) is 14.5. The van der Waals surface area contributed by atoms with Crippen LogP contribution in [0.2, 0.25) is 0 Å². The lowest BCUT2D eigenvalue weighted by atomic mass is 9.76. The zero-order valence-electron chi connectivity index (χ0n) is 12.4. The number of likely N-dealkylation sites (N-methyl/N-ethyl adjacent to an activating group) is 1. The molecule has 0 heterocycles. The molecule has 1 aromatic rings. The molecule has 19 heavy (non-hydrogen) atoms. The number of halogens is 1. The minimum absolute atomic E-state index is 0.126. The zero-order valence-corrected chi connectivity index (χ0v) is 12.4. The van der Waals surface area contributed by atoms with Gasteiger partial charge in [-0.15, -0.1) is 0 Å². The lowest BCUT2D eigenvalue weighted by Crippen LogP contribution is -2.42. The van der Waals surface area contributed by atoms with E-state index in [-0.39, 0.29) is 5.82 Å². The highest BCUT2D eigenvalue weighted by molar-refractivity contribution is 5.18. The molecular formula is C17H26FN. The summed E-state index contributed by atoms with van der Waals surface area (Å²) in [5.41, 5.74) is 1.51. The lowest BCUT2D eigenvalue weighted by Gasteiger charge is -2.35. The average Bonchev–Trinajstić information content (AvgIpc) is 2.68. The largest absolute Gasteiger partial charge is 0.314 e. The van der Waals surface area contributed by atoms with Crippen molar-refractivity contribution in [2.45, 2.75) is 52.5 Å². The Morgan fingerprint density at radius 3 is 2.79 bits per heavy atom. The van der Waals surface area contributed by atoms with Crippen LogP contribution in [0.25, 0.3) is 0 Å².